The molecule has 0 fully saturated rings. The number of rotatable bonds is 3. The molecule has 0 spiro atoms. The molecule has 3 aromatic rings. The predicted molar refractivity (Wildman–Crippen MR) is 113 cm³/mol. The van der Waals surface area contributed by atoms with Crippen molar-refractivity contribution in [1.82, 2.24) is 9.97 Å². The molecule has 0 radical (unpaired) electrons. The molecule has 7 nitrogen and oxygen atoms in total. The Morgan fingerprint density at radius 2 is 1.82 bits per heavy atom. The lowest BCUT2D eigenvalue weighted by Gasteiger charge is -2.34. The van der Waals surface area contributed by atoms with E-state index < -0.39 is 0 Å². The van der Waals surface area contributed by atoms with Gasteiger partial charge >= 0.3 is 6.03 Å². The number of benzene rings is 2. The van der Waals surface area contributed by atoms with E-state index in [4.69, 9.17) is 28.9 Å². The number of carbonyl (C=O) groups excluding carboxylic acids is 1. The molecule has 9 heteroatoms. The van der Waals surface area contributed by atoms with Gasteiger partial charge in [-0.2, -0.15) is 4.98 Å². The van der Waals surface area contributed by atoms with Crippen LogP contribution in [-0.4, -0.2) is 23.0 Å². The molecule has 0 aliphatic carbocycles. The lowest BCUT2D eigenvalue weighted by atomic mass is 10.2. The Kier molecular flexibility index (Phi) is 4.70. The van der Waals surface area contributed by atoms with Crippen molar-refractivity contribution in [1.29, 1.82) is 0 Å². The van der Waals surface area contributed by atoms with Crippen molar-refractivity contribution in [3.05, 3.63) is 64.3 Å². The number of nitrogens with two attached hydrogens (primary N) is 1. The molecular formula is C19H16Cl2N6O. The number of nitrogens with one attached hydrogen (secondary N) is 1. The molecule has 2 amide bonds. The lowest BCUT2D eigenvalue weighted by molar-refractivity contribution is 0.251. The highest BCUT2D eigenvalue weighted by Crippen LogP contribution is 2.38. The van der Waals surface area contributed by atoms with E-state index in [0.29, 0.717) is 38.9 Å². The first-order valence-electron chi connectivity index (χ1n) is 8.42. The van der Waals surface area contributed by atoms with Gasteiger partial charge in [-0.15, -0.1) is 0 Å². The molecule has 1 aliphatic heterocycles. The molecule has 1 aromatic heterocycles. The van der Waals surface area contributed by atoms with Crippen LogP contribution >= 0.6 is 23.2 Å². The van der Waals surface area contributed by atoms with Gasteiger partial charge in [0, 0.05) is 18.8 Å². The van der Waals surface area contributed by atoms with Crippen LogP contribution in [0.2, 0.25) is 10.0 Å². The number of anilines is 5. The Morgan fingerprint density at radius 3 is 2.54 bits per heavy atom. The summed E-state index contributed by atoms with van der Waals surface area (Å²) in [5.41, 5.74) is 8.45. The number of hydrogen-bond acceptors (Lipinski definition) is 5. The molecule has 0 bridgehead atoms. The fourth-order valence-corrected chi connectivity index (χ4v) is 3.62. The standard InChI is InChI=1S/C19H16Cl2N6O/c1-26-17-11(9-23-18(25-17)24-15-8-3-2-7-14(15)22)10-27(19(26)28)16-12(20)5-4-6-13(16)21/h2-9H,10,22H2,1H3,(H,23,24,25). The number of urea groups is 1. The number of aromatic nitrogens is 2. The molecule has 0 saturated carbocycles. The SMILES string of the molecule is CN1C(=O)N(c2c(Cl)cccc2Cl)Cc2cnc(Nc3ccccc3N)nc21. The topological polar surface area (TPSA) is 87.4 Å². The van der Waals surface area contributed by atoms with Crippen molar-refractivity contribution in [2.24, 2.45) is 0 Å². The van der Waals surface area contributed by atoms with Gasteiger partial charge < -0.3 is 11.1 Å². The molecule has 1 aliphatic rings. The zero-order chi connectivity index (χ0) is 19.8. The van der Waals surface area contributed by atoms with Crippen molar-refractivity contribution in [2.45, 2.75) is 6.54 Å². The smallest absolute Gasteiger partial charge is 0.330 e. The van der Waals surface area contributed by atoms with Crippen LogP contribution in [0.4, 0.5) is 33.6 Å². The van der Waals surface area contributed by atoms with Crippen molar-refractivity contribution >= 4 is 58.1 Å². The third-order valence-electron chi connectivity index (χ3n) is 4.42. The summed E-state index contributed by atoms with van der Waals surface area (Å²) in [6, 6.07) is 12.1. The van der Waals surface area contributed by atoms with Gasteiger partial charge in [0.1, 0.15) is 5.82 Å². The van der Waals surface area contributed by atoms with Gasteiger partial charge in [0.25, 0.3) is 0 Å². The maximum Gasteiger partial charge on any atom is 0.330 e. The summed E-state index contributed by atoms with van der Waals surface area (Å²) >= 11 is 12.6. The third kappa shape index (κ3) is 3.19. The third-order valence-corrected chi connectivity index (χ3v) is 5.03. The first-order chi connectivity index (χ1) is 13.5. The Bertz CT molecular complexity index is 1050. The molecule has 28 heavy (non-hydrogen) atoms. The summed E-state index contributed by atoms with van der Waals surface area (Å²) in [5, 5.41) is 3.88. The van der Waals surface area contributed by atoms with Gasteiger partial charge in [0.2, 0.25) is 5.95 Å². The van der Waals surface area contributed by atoms with Crippen LogP contribution in [0.1, 0.15) is 5.56 Å². The zero-order valence-corrected chi connectivity index (χ0v) is 16.4. The molecular weight excluding hydrogens is 399 g/mol. The van der Waals surface area contributed by atoms with Crippen LogP contribution in [0.5, 0.6) is 0 Å². The minimum absolute atomic E-state index is 0.260. The van der Waals surface area contributed by atoms with Gasteiger partial charge in [-0.05, 0) is 24.3 Å². The molecule has 2 aromatic carbocycles. The van der Waals surface area contributed by atoms with Gasteiger partial charge in [-0.25, -0.2) is 9.78 Å². The quantitative estimate of drug-likeness (QED) is 0.607. The van der Waals surface area contributed by atoms with E-state index in [1.54, 1.807) is 37.5 Å². The predicted octanol–water partition coefficient (Wildman–Crippen LogP) is 4.69. The van der Waals surface area contributed by atoms with E-state index in [-0.39, 0.29) is 12.6 Å². The molecule has 142 valence electrons. The van der Waals surface area contributed by atoms with Gasteiger partial charge in [-0.3, -0.25) is 9.80 Å². The molecule has 0 saturated heterocycles. The number of fused-ring (bicyclic) bond motifs is 1. The lowest BCUT2D eigenvalue weighted by Crippen LogP contribution is -2.46. The number of para-hydroxylation sites is 3. The molecule has 2 heterocycles. The maximum atomic E-state index is 13.0. The van der Waals surface area contributed by atoms with Crippen molar-refractivity contribution in [3.8, 4) is 0 Å². The highest BCUT2D eigenvalue weighted by Gasteiger charge is 2.32. The molecule has 0 unspecified atom stereocenters. The van der Waals surface area contributed by atoms with Crippen LogP contribution in [-0.2, 0) is 6.54 Å². The summed E-state index contributed by atoms with van der Waals surface area (Å²) in [6.45, 7) is 0.260. The number of halogens is 2. The molecule has 3 N–H and O–H groups in total. The van der Waals surface area contributed by atoms with Crippen molar-refractivity contribution in [3.63, 3.8) is 0 Å². The highest BCUT2D eigenvalue weighted by molar-refractivity contribution is 6.40. The monoisotopic (exact) mass is 414 g/mol. The second-order valence-electron chi connectivity index (χ2n) is 6.25. The van der Waals surface area contributed by atoms with Crippen LogP contribution in [0.25, 0.3) is 0 Å². The second kappa shape index (κ2) is 7.18. The number of amides is 2. The van der Waals surface area contributed by atoms with E-state index >= 15 is 0 Å². The molecule has 0 atom stereocenters. The number of nitrogens with zero attached hydrogens (tertiary/aromatic N) is 4. The van der Waals surface area contributed by atoms with Crippen LogP contribution in [0.15, 0.2) is 48.7 Å². The number of hydrogen-bond donors (Lipinski definition) is 2. The minimum atomic E-state index is -0.286. The van der Waals surface area contributed by atoms with E-state index in [2.05, 4.69) is 15.3 Å². The normalized spacial score (nSPS) is 13.5. The molecule has 4 rings (SSSR count). The summed E-state index contributed by atoms with van der Waals surface area (Å²) < 4.78 is 0. The van der Waals surface area contributed by atoms with E-state index in [1.807, 2.05) is 18.2 Å². The van der Waals surface area contributed by atoms with E-state index in [1.165, 1.54) is 9.80 Å². The number of carbonyl (C=O) groups is 1. The Balaban J connectivity index is 1.68. The second-order valence-corrected chi connectivity index (χ2v) is 7.07. The van der Waals surface area contributed by atoms with Crippen LogP contribution in [0, 0.1) is 0 Å². The summed E-state index contributed by atoms with van der Waals surface area (Å²) in [6.07, 6.45) is 1.67. The Labute approximate surface area is 171 Å². The average Bonchev–Trinajstić information content (AvgIpc) is 2.68. The van der Waals surface area contributed by atoms with Crippen molar-refractivity contribution < 1.29 is 4.79 Å². The van der Waals surface area contributed by atoms with Crippen molar-refractivity contribution in [2.75, 3.05) is 27.9 Å². The summed E-state index contributed by atoms with van der Waals surface area (Å²) in [5.74, 6) is 0.858. The largest absolute Gasteiger partial charge is 0.397 e. The van der Waals surface area contributed by atoms with Crippen LogP contribution < -0.4 is 20.9 Å². The number of nitrogen functional groups attached to an aromatic ring is 1. The summed E-state index contributed by atoms with van der Waals surface area (Å²) in [7, 11) is 1.64. The van der Waals surface area contributed by atoms with Crippen LogP contribution in [0.3, 0.4) is 0 Å². The first kappa shape index (κ1) is 18.3. The minimum Gasteiger partial charge on any atom is -0.397 e. The average molecular weight is 415 g/mol. The Hall–Kier alpha value is -3.03. The van der Waals surface area contributed by atoms with Gasteiger partial charge in [-0.1, -0.05) is 41.4 Å². The first-order valence-corrected chi connectivity index (χ1v) is 9.18. The summed E-state index contributed by atoms with van der Waals surface area (Å²) in [4.78, 5) is 24.7. The van der Waals surface area contributed by atoms with E-state index in [0.717, 1.165) is 5.56 Å². The fourth-order valence-electron chi connectivity index (χ4n) is 3.02. The maximum absolute atomic E-state index is 13.0. The zero-order valence-electron chi connectivity index (χ0n) is 14.9. The fraction of sp³-hybridized carbons (Fsp3) is 0.105. The van der Waals surface area contributed by atoms with E-state index in [9.17, 15) is 4.79 Å². The highest BCUT2D eigenvalue weighted by atomic mass is 35.5. The van der Waals surface area contributed by atoms with Gasteiger partial charge in [0.15, 0.2) is 0 Å². The van der Waals surface area contributed by atoms with Gasteiger partial charge in [0.05, 0.1) is 33.7 Å². The Morgan fingerprint density at radius 1 is 1.11 bits per heavy atom.